The van der Waals surface area contributed by atoms with Gasteiger partial charge in [0.2, 0.25) is 5.95 Å². The van der Waals surface area contributed by atoms with Crippen LogP contribution < -0.4 is 4.90 Å². The van der Waals surface area contributed by atoms with Crippen LogP contribution in [0.5, 0.6) is 0 Å². The maximum absolute atomic E-state index is 5.88. The van der Waals surface area contributed by atoms with Crippen LogP contribution in [0.3, 0.4) is 0 Å². The molecule has 0 unspecified atom stereocenters. The number of morpholine rings is 1. The van der Waals surface area contributed by atoms with Gasteiger partial charge in [-0.3, -0.25) is 0 Å². The van der Waals surface area contributed by atoms with E-state index in [-0.39, 0.29) is 0 Å². The molecule has 1 aromatic heterocycles. The van der Waals surface area contributed by atoms with Crippen molar-refractivity contribution >= 4 is 17.5 Å². The summed E-state index contributed by atoms with van der Waals surface area (Å²) in [5, 5.41) is 8.83. The zero-order chi connectivity index (χ0) is 13.1. The van der Waals surface area contributed by atoms with Gasteiger partial charge in [0.1, 0.15) is 0 Å². The Balaban J connectivity index is 1.88. The van der Waals surface area contributed by atoms with E-state index in [9.17, 15) is 0 Å². The molecule has 0 radical (unpaired) electrons. The number of ether oxygens (including phenoxy) is 1. The fourth-order valence-electron chi connectivity index (χ4n) is 1.95. The molecule has 0 amide bonds. The van der Waals surface area contributed by atoms with Crippen molar-refractivity contribution in [2.45, 2.75) is 0 Å². The van der Waals surface area contributed by atoms with Gasteiger partial charge in [-0.2, -0.15) is 5.10 Å². The van der Waals surface area contributed by atoms with Gasteiger partial charge in [0.05, 0.1) is 25.1 Å². The normalized spacial score (nSPS) is 15.5. The maximum atomic E-state index is 5.88. The van der Waals surface area contributed by atoms with Crippen molar-refractivity contribution in [2.75, 3.05) is 31.2 Å². The third-order valence-electron chi connectivity index (χ3n) is 2.98. The molecule has 1 saturated heterocycles. The molecule has 0 saturated carbocycles. The van der Waals surface area contributed by atoms with Gasteiger partial charge in [-0.05, 0) is 12.1 Å². The summed E-state index contributed by atoms with van der Waals surface area (Å²) >= 11 is 5.88. The van der Waals surface area contributed by atoms with Gasteiger partial charge in [-0.25, -0.2) is 4.98 Å². The van der Waals surface area contributed by atoms with Crippen LogP contribution in [0.15, 0.2) is 30.5 Å². The van der Waals surface area contributed by atoms with Crippen LogP contribution in [0.2, 0.25) is 5.02 Å². The minimum absolute atomic E-state index is 0.649. The average molecular weight is 277 g/mol. The second kappa shape index (κ2) is 5.50. The number of aromatic nitrogens is 3. The highest BCUT2D eigenvalue weighted by atomic mass is 35.5. The first kappa shape index (κ1) is 12.3. The number of rotatable bonds is 2. The van der Waals surface area contributed by atoms with Gasteiger partial charge < -0.3 is 9.64 Å². The molecular weight excluding hydrogens is 264 g/mol. The maximum Gasteiger partial charge on any atom is 0.246 e. The molecule has 1 aliphatic heterocycles. The summed E-state index contributed by atoms with van der Waals surface area (Å²) in [6, 6.07) is 7.53. The Kier molecular flexibility index (Phi) is 3.57. The summed E-state index contributed by atoms with van der Waals surface area (Å²) in [4.78, 5) is 6.63. The molecule has 0 atom stereocenters. The molecule has 6 heteroatoms. The SMILES string of the molecule is Clc1ccc(-c2cnnc(N3CCOCC3)n2)cc1. The Morgan fingerprint density at radius 3 is 2.58 bits per heavy atom. The van der Waals surface area contributed by atoms with Gasteiger partial charge >= 0.3 is 0 Å². The predicted octanol–water partition coefficient (Wildman–Crippen LogP) is 2.03. The van der Waals surface area contributed by atoms with E-state index in [1.165, 1.54) is 0 Å². The van der Waals surface area contributed by atoms with Crippen LogP contribution in [0, 0.1) is 0 Å². The number of nitrogens with zero attached hydrogens (tertiary/aromatic N) is 4. The fourth-order valence-corrected chi connectivity index (χ4v) is 2.08. The third-order valence-corrected chi connectivity index (χ3v) is 3.23. The van der Waals surface area contributed by atoms with Gasteiger partial charge in [0.25, 0.3) is 0 Å². The van der Waals surface area contributed by atoms with E-state index in [4.69, 9.17) is 16.3 Å². The summed E-state index contributed by atoms with van der Waals surface area (Å²) in [6.07, 6.45) is 1.66. The number of anilines is 1. The largest absolute Gasteiger partial charge is 0.378 e. The van der Waals surface area contributed by atoms with Gasteiger partial charge in [0, 0.05) is 23.7 Å². The monoisotopic (exact) mass is 276 g/mol. The Bertz CT molecular complexity index is 555. The first-order valence-electron chi connectivity index (χ1n) is 6.11. The fraction of sp³-hybridized carbons (Fsp3) is 0.308. The topological polar surface area (TPSA) is 51.1 Å². The first-order valence-corrected chi connectivity index (χ1v) is 6.49. The molecule has 3 rings (SSSR count). The number of hydrogen-bond acceptors (Lipinski definition) is 5. The molecule has 0 spiro atoms. The van der Waals surface area contributed by atoms with Gasteiger partial charge in [0.15, 0.2) is 0 Å². The standard InChI is InChI=1S/C13H13ClN4O/c14-11-3-1-10(2-4-11)12-9-15-17-13(16-12)18-5-7-19-8-6-18/h1-4,9H,5-8H2. The molecule has 1 aromatic carbocycles. The highest BCUT2D eigenvalue weighted by Crippen LogP contribution is 2.20. The highest BCUT2D eigenvalue weighted by molar-refractivity contribution is 6.30. The Hall–Kier alpha value is -1.72. The summed E-state index contributed by atoms with van der Waals surface area (Å²) in [6.45, 7) is 3.00. The van der Waals surface area contributed by atoms with Crippen molar-refractivity contribution < 1.29 is 4.74 Å². The third kappa shape index (κ3) is 2.83. The van der Waals surface area contributed by atoms with Crippen LogP contribution >= 0.6 is 11.6 Å². The van der Waals surface area contributed by atoms with Crippen molar-refractivity contribution in [1.29, 1.82) is 0 Å². The van der Waals surface area contributed by atoms with Crippen molar-refractivity contribution in [1.82, 2.24) is 15.2 Å². The molecular formula is C13H13ClN4O. The second-order valence-corrected chi connectivity index (χ2v) is 4.68. The van der Waals surface area contributed by atoms with Crippen LogP contribution in [-0.2, 0) is 4.74 Å². The quantitative estimate of drug-likeness (QED) is 0.840. The summed E-state index contributed by atoms with van der Waals surface area (Å²) in [5.41, 5.74) is 1.78. The lowest BCUT2D eigenvalue weighted by Crippen LogP contribution is -2.37. The van der Waals surface area contributed by atoms with E-state index in [2.05, 4.69) is 20.1 Å². The first-order chi connectivity index (χ1) is 9.33. The molecule has 1 aliphatic rings. The summed E-state index contributed by atoms with van der Waals surface area (Å²) in [7, 11) is 0. The van der Waals surface area contributed by atoms with Crippen molar-refractivity contribution in [2.24, 2.45) is 0 Å². The van der Waals surface area contributed by atoms with Crippen LogP contribution in [0.1, 0.15) is 0 Å². The molecule has 2 heterocycles. The lowest BCUT2D eigenvalue weighted by Gasteiger charge is -2.26. The average Bonchev–Trinajstić information content (AvgIpc) is 2.49. The van der Waals surface area contributed by atoms with Crippen molar-refractivity contribution in [3.63, 3.8) is 0 Å². The summed E-state index contributed by atoms with van der Waals surface area (Å²) < 4.78 is 5.32. The Labute approximate surface area is 116 Å². The number of benzene rings is 1. The van der Waals surface area contributed by atoms with Crippen molar-refractivity contribution in [3.8, 4) is 11.3 Å². The molecule has 0 bridgehead atoms. The van der Waals surface area contributed by atoms with Crippen LogP contribution in [-0.4, -0.2) is 41.5 Å². The zero-order valence-corrected chi connectivity index (χ0v) is 11.0. The zero-order valence-electron chi connectivity index (χ0n) is 10.3. The highest BCUT2D eigenvalue weighted by Gasteiger charge is 2.14. The smallest absolute Gasteiger partial charge is 0.246 e. The van der Waals surface area contributed by atoms with Crippen LogP contribution in [0.25, 0.3) is 11.3 Å². The lowest BCUT2D eigenvalue weighted by molar-refractivity contribution is 0.122. The van der Waals surface area contributed by atoms with E-state index >= 15 is 0 Å². The minimum atomic E-state index is 0.649. The molecule has 1 fully saturated rings. The number of hydrogen-bond donors (Lipinski definition) is 0. The molecule has 5 nitrogen and oxygen atoms in total. The molecule has 19 heavy (non-hydrogen) atoms. The summed E-state index contributed by atoms with van der Waals surface area (Å²) in [5.74, 6) is 0.649. The van der Waals surface area contributed by atoms with E-state index in [1.54, 1.807) is 6.20 Å². The molecule has 0 aliphatic carbocycles. The predicted molar refractivity (Wildman–Crippen MR) is 73.3 cm³/mol. The van der Waals surface area contributed by atoms with E-state index in [0.29, 0.717) is 24.2 Å². The molecule has 98 valence electrons. The molecule has 0 N–H and O–H groups in total. The van der Waals surface area contributed by atoms with Crippen molar-refractivity contribution in [3.05, 3.63) is 35.5 Å². The van der Waals surface area contributed by atoms with Crippen LogP contribution in [0.4, 0.5) is 5.95 Å². The van der Waals surface area contributed by atoms with Gasteiger partial charge in [-0.15, -0.1) is 5.10 Å². The van der Waals surface area contributed by atoms with Gasteiger partial charge in [-0.1, -0.05) is 23.7 Å². The Morgan fingerprint density at radius 1 is 1.11 bits per heavy atom. The second-order valence-electron chi connectivity index (χ2n) is 4.25. The minimum Gasteiger partial charge on any atom is -0.378 e. The van der Waals surface area contributed by atoms with E-state index in [0.717, 1.165) is 24.3 Å². The van der Waals surface area contributed by atoms with E-state index in [1.807, 2.05) is 24.3 Å². The lowest BCUT2D eigenvalue weighted by atomic mass is 10.2. The van der Waals surface area contributed by atoms with E-state index < -0.39 is 0 Å². The Morgan fingerprint density at radius 2 is 1.84 bits per heavy atom. The number of halogens is 1. The molecule has 2 aromatic rings.